The van der Waals surface area contributed by atoms with Crippen molar-refractivity contribution in [3.63, 3.8) is 0 Å². The van der Waals surface area contributed by atoms with Crippen LogP contribution in [0.15, 0.2) is 0 Å². The number of rotatable bonds is 4. The zero-order valence-corrected chi connectivity index (χ0v) is 10.8. The van der Waals surface area contributed by atoms with Crippen LogP contribution in [-0.4, -0.2) is 54.6 Å². The standard InChI is InChI=1S/C10H18BrNO3/c1-3-14-7-10(13)12-5-9(4-11)15-6-8(12)2/h8-9H,3-7H2,1-2H3. The highest BCUT2D eigenvalue weighted by molar-refractivity contribution is 9.09. The zero-order valence-electron chi connectivity index (χ0n) is 9.24. The van der Waals surface area contributed by atoms with Gasteiger partial charge in [0.1, 0.15) is 6.61 Å². The first-order valence-corrected chi connectivity index (χ1v) is 6.36. The Labute approximate surface area is 99.0 Å². The minimum Gasteiger partial charge on any atom is -0.373 e. The van der Waals surface area contributed by atoms with Gasteiger partial charge in [-0.1, -0.05) is 15.9 Å². The van der Waals surface area contributed by atoms with Gasteiger partial charge in [-0.15, -0.1) is 0 Å². The number of ether oxygens (including phenoxy) is 2. The summed E-state index contributed by atoms with van der Waals surface area (Å²) in [5.74, 6) is 0.0543. The minimum atomic E-state index is 0.0543. The summed E-state index contributed by atoms with van der Waals surface area (Å²) in [6.07, 6.45) is 0.103. The lowest BCUT2D eigenvalue weighted by Crippen LogP contribution is -2.52. The van der Waals surface area contributed by atoms with Gasteiger partial charge in [0.15, 0.2) is 0 Å². The van der Waals surface area contributed by atoms with E-state index in [9.17, 15) is 4.79 Å². The third-order valence-corrected chi connectivity index (χ3v) is 3.15. The lowest BCUT2D eigenvalue weighted by Gasteiger charge is -2.37. The molecule has 1 saturated heterocycles. The van der Waals surface area contributed by atoms with Crippen LogP contribution in [-0.2, 0) is 14.3 Å². The number of amides is 1. The maximum atomic E-state index is 11.8. The monoisotopic (exact) mass is 279 g/mol. The van der Waals surface area contributed by atoms with Crippen LogP contribution in [0.3, 0.4) is 0 Å². The Hall–Kier alpha value is -0.130. The Morgan fingerprint density at radius 2 is 2.40 bits per heavy atom. The lowest BCUT2D eigenvalue weighted by atomic mass is 10.2. The molecule has 0 aliphatic carbocycles. The van der Waals surface area contributed by atoms with Gasteiger partial charge in [0.05, 0.1) is 18.8 Å². The Bertz CT molecular complexity index is 213. The second-order valence-corrected chi connectivity index (χ2v) is 4.29. The minimum absolute atomic E-state index is 0.0543. The van der Waals surface area contributed by atoms with Crippen LogP contribution in [0.1, 0.15) is 13.8 Å². The largest absolute Gasteiger partial charge is 0.373 e. The van der Waals surface area contributed by atoms with Crippen LogP contribution in [0.25, 0.3) is 0 Å². The molecule has 88 valence electrons. The van der Waals surface area contributed by atoms with Crippen LogP contribution in [0, 0.1) is 0 Å². The van der Waals surface area contributed by atoms with Crippen molar-refractivity contribution in [1.29, 1.82) is 0 Å². The van der Waals surface area contributed by atoms with Crippen LogP contribution in [0.2, 0.25) is 0 Å². The van der Waals surface area contributed by atoms with Crippen molar-refractivity contribution >= 4 is 21.8 Å². The molecule has 0 radical (unpaired) electrons. The number of nitrogens with zero attached hydrogens (tertiary/aromatic N) is 1. The third-order valence-electron chi connectivity index (χ3n) is 2.43. The van der Waals surface area contributed by atoms with E-state index in [1.165, 1.54) is 0 Å². The van der Waals surface area contributed by atoms with E-state index in [1.54, 1.807) is 0 Å². The average Bonchev–Trinajstić information content (AvgIpc) is 2.26. The summed E-state index contributed by atoms with van der Waals surface area (Å²) in [7, 11) is 0. The van der Waals surface area contributed by atoms with Gasteiger partial charge in [0.25, 0.3) is 0 Å². The molecule has 1 rings (SSSR count). The van der Waals surface area contributed by atoms with Gasteiger partial charge in [-0.3, -0.25) is 4.79 Å². The number of morpholine rings is 1. The Morgan fingerprint density at radius 1 is 1.67 bits per heavy atom. The van der Waals surface area contributed by atoms with E-state index in [0.717, 1.165) is 5.33 Å². The number of halogens is 1. The molecular weight excluding hydrogens is 262 g/mol. The molecule has 4 nitrogen and oxygen atoms in total. The Balaban J connectivity index is 2.46. The van der Waals surface area contributed by atoms with Gasteiger partial charge in [-0.2, -0.15) is 0 Å². The van der Waals surface area contributed by atoms with Crippen molar-refractivity contribution in [2.75, 3.05) is 31.7 Å². The van der Waals surface area contributed by atoms with Gasteiger partial charge in [-0.05, 0) is 13.8 Å². The number of carbonyl (C=O) groups is 1. The molecule has 2 atom stereocenters. The van der Waals surface area contributed by atoms with E-state index in [4.69, 9.17) is 9.47 Å². The fourth-order valence-corrected chi connectivity index (χ4v) is 1.92. The van der Waals surface area contributed by atoms with E-state index in [1.807, 2.05) is 18.7 Å². The Morgan fingerprint density at radius 3 is 3.00 bits per heavy atom. The van der Waals surface area contributed by atoms with Crippen molar-refractivity contribution < 1.29 is 14.3 Å². The van der Waals surface area contributed by atoms with Crippen LogP contribution in [0.4, 0.5) is 0 Å². The molecule has 0 aromatic carbocycles. The first kappa shape index (κ1) is 12.9. The second-order valence-electron chi connectivity index (χ2n) is 3.64. The summed E-state index contributed by atoms with van der Waals surface area (Å²) in [5.41, 5.74) is 0. The number of hydrogen-bond donors (Lipinski definition) is 0. The molecule has 1 heterocycles. The molecule has 0 aromatic heterocycles. The summed E-state index contributed by atoms with van der Waals surface area (Å²) >= 11 is 3.37. The van der Waals surface area contributed by atoms with E-state index in [2.05, 4.69) is 15.9 Å². The lowest BCUT2D eigenvalue weighted by molar-refractivity contribution is -0.147. The molecule has 0 saturated carbocycles. The zero-order chi connectivity index (χ0) is 11.3. The van der Waals surface area contributed by atoms with Crippen LogP contribution < -0.4 is 0 Å². The first-order chi connectivity index (χ1) is 7.19. The first-order valence-electron chi connectivity index (χ1n) is 5.23. The summed E-state index contributed by atoms with van der Waals surface area (Å²) in [6.45, 7) is 5.89. The maximum Gasteiger partial charge on any atom is 0.248 e. The van der Waals surface area contributed by atoms with Gasteiger partial charge >= 0.3 is 0 Å². The van der Waals surface area contributed by atoms with Gasteiger partial charge in [0, 0.05) is 18.5 Å². The predicted molar refractivity (Wildman–Crippen MR) is 61.2 cm³/mol. The van der Waals surface area contributed by atoms with Crippen LogP contribution in [0.5, 0.6) is 0 Å². The highest BCUT2D eigenvalue weighted by Crippen LogP contribution is 2.13. The quantitative estimate of drug-likeness (QED) is 0.722. The van der Waals surface area contributed by atoms with Crippen molar-refractivity contribution in [3.8, 4) is 0 Å². The summed E-state index contributed by atoms with van der Waals surface area (Å²) in [4.78, 5) is 13.6. The summed E-state index contributed by atoms with van der Waals surface area (Å²) in [6, 6.07) is 0.147. The van der Waals surface area contributed by atoms with Crippen molar-refractivity contribution in [2.24, 2.45) is 0 Å². The predicted octanol–water partition coefficient (Wildman–Crippen LogP) is 1.03. The van der Waals surface area contributed by atoms with Crippen molar-refractivity contribution in [2.45, 2.75) is 26.0 Å². The molecule has 1 aliphatic heterocycles. The molecule has 5 heteroatoms. The molecule has 2 unspecified atom stereocenters. The average molecular weight is 280 g/mol. The highest BCUT2D eigenvalue weighted by Gasteiger charge is 2.28. The van der Waals surface area contributed by atoms with Gasteiger partial charge < -0.3 is 14.4 Å². The van der Waals surface area contributed by atoms with Crippen molar-refractivity contribution in [3.05, 3.63) is 0 Å². The molecule has 0 N–H and O–H groups in total. The highest BCUT2D eigenvalue weighted by atomic mass is 79.9. The fraction of sp³-hybridized carbons (Fsp3) is 0.900. The molecule has 1 amide bonds. The topological polar surface area (TPSA) is 38.8 Å². The van der Waals surface area contributed by atoms with E-state index >= 15 is 0 Å². The third kappa shape index (κ3) is 3.74. The normalized spacial score (nSPS) is 26.7. The van der Waals surface area contributed by atoms with Gasteiger partial charge in [-0.25, -0.2) is 0 Å². The molecular formula is C10H18BrNO3. The van der Waals surface area contributed by atoms with E-state index in [0.29, 0.717) is 19.8 Å². The number of hydrogen-bond acceptors (Lipinski definition) is 3. The van der Waals surface area contributed by atoms with Gasteiger partial charge in [0.2, 0.25) is 5.91 Å². The van der Waals surface area contributed by atoms with Crippen LogP contribution >= 0.6 is 15.9 Å². The summed E-state index contributed by atoms with van der Waals surface area (Å²) in [5, 5.41) is 0.762. The molecule has 15 heavy (non-hydrogen) atoms. The molecule has 1 fully saturated rings. The molecule has 0 aromatic rings. The number of carbonyl (C=O) groups excluding carboxylic acids is 1. The Kier molecular flexibility index (Phi) is 5.56. The molecule has 0 spiro atoms. The fourth-order valence-electron chi connectivity index (χ4n) is 1.53. The summed E-state index contributed by atoms with van der Waals surface area (Å²) < 4.78 is 10.7. The van der Waals surface area contributed by atoms with E-state index < -0.39 is 0 Å². The van der Waals surface area contributed by atoms with Crippen molar-refractivity contribution in [1.82, 2.24) is 4.90 Å². The van der Waals surface area contributed by atoms with E-state index in [-0.39, 0.29) is 24.7 Å². The smallest absolute Gasteiger partial charge is 0.248 e. The SMILES string of the molecule is CCOCC(=O)N1CC(CBr)OCC1C. The molecule has 0 bridgehead atoms. The maximum absolute atomic E-state index is 11.8. The second kappa shape index (κ2) is 6.45. The number of alkyl halides is 1. The molecule has 1 aliphatic rings.